The van der Waals surface area contributed by atoms with Crippen LogP contribution in [0.1, 0.15) is 6.92 Å². The van der Waals surface area contributed by atoms with Crippen LogP contribution >= 0.6 is 11.6 Å². The molecule has 0 fully saturated rings. The van der Waals surface area contributed by atoms with Crippen molar-refractivity contribution in [3.63, 3.8) is 0 Å². The average molecular weight is 179 g/mol. The van der Waals surface area contributed by atoms with E-state index in [1.165, 1.54) is 6.92 Å². The van der Waals surface area contributed by atoms with Crippen molar-refractivity contribution >= 4 is 23.5 Å². The first kappa shape index (κ1) is 9.97. The monoisotopic (exact) mass is 178 g/mol. The number of carbonyl (C=O) groups excluding carboxylic acids is 1. The van der Waals surface area contributed by atoms with Crippen molar-refractivity contribution in [1.29, 1.82) is 0 Å². The van der Waals surface area contributed by atoms with Crippen LogP contribution in [0.15, 0.2) is 12.3 Å². The SMILES string of the molecule is C=C(OC(=O)C(C)Cl)C(=O)O. The summed E-state index contributed by atoms with van der Waals surface area (Å²) in [4.78, 5) is 20.6. The molecule has 0 bridgehead atoms. The van der Waals surface area contributed by atoms with Gasteiger partial charge in [0.2, 0.25) is 5.76 Å². The molecule has 0 aromatic carbocycles. The maximum Gasteiger partial charge on any atom is 0.371 e. The Bertz CT molecular complexity index is 197. The van der Waals surface area contributed by atoms with Crippen LogP contribution in [0.2, 0.25) is 0 Å². The molecule has 62 valence electrons. The van der Waals surface area contributed by atoms with Crippen molar-refractivity contribution in [3.05, 3.63) is 12.3 Å². The van der Waals surface area contributed by atoms with Crippen molar-refractivity contribution in [2.45, 2.75) is 12.3 Å². The number of alkyl halides is 1. The van der Waals surface area contributed by atoms with Crippen LogP contribution in [0.25, 0.3) is 0 Å². The Balaban J connectivity index is 3.96. The smallest absolute Gasteiger partial charge is 0.371 e. The van der Waals surface area contributed by atoms with Gasteiger partial charge in [0.1, 0.15) is 5.38 Å². The van der Waals surface area contributed by atoms with Gasteiger partial charge >= 0.3 is 11.9 Å². The van der Waals surface area contributed by atoms with Gasteiger partial charge in [-0.2, -0.15) is 0 Å². The highest BCUT2D eigenvalue weighted by Crippen LogP contribution is 2.01. The summed E-state index contributed by atoms with van der Waals surface area (Å²) in [6.45, 7) is 4.35. The number of rotatable bonds is 3. The summed E-state index contributed by atoms with van der Waals surface area (Å²) in [6, 6.07) is 0. The molecule has 0 aliphatic carbocycles. The maximum atomic E-state index is 10.6. The number of ether oxygens (including phenoxy) is 1. The van der Waals surface area contributed by atoms with Crippen LogP contribution in [-0.2, 0) is 14.3 Å². The minimum absolute atomic E-state index is 0.623. The third-order valence-corrected chi connectivity index (χ3v) is 0.965. The van der Waals surface area contributed by atoms with E-state index < -0.39 is 23.1 Å². The average Bonchev–Trinajstić information content (AvgIpc) is 1.87. The molecule has 0 heterocycles. The molecular formula is C6H7ClO4. The summed E-state index contributed by atoms with van der Waals surface area (Å²) in [5.41, 5.74) is 0. The Morgan fingerprint density at radius 1 is 1.64 bits per heavy atom. The lowest BCUT2D eigenvalue weighted by atomic mass is 10.5. The summed E-state index contributed by atoms with van der Waals surface area (Å²) in [6.07, 6.45) is 0. The quantitative estimate of drug-likeness (QED) is 0.300. The van der Waals surface area contributed by atoms with Gasteiger partial charge in [-0.25, -0.2) is 4.79 Å². The van der Waals surface area contributed by atoms with Gasteiger partial charge in [-0.1, -0.05) is 0 Å². The number of carboxylic acids is 1. The van der Waals surface area contributed by atoms with E-state index in [0.717, 1.165) is 0 Å². The highest BCUT2D eigenvalue weighted by atomic mass is 35.5. The Morgan fingerprint density at radius 2 is 2.09 bits per heavy atom. The summed E-state index contributed by atoms with van der Waals surface area (Å²) in [7, 11) is 0. The van der Waals surface area contributed by atoms with Gasteiger partial charge in [-0.05, 0) is 13.5 Å². The van der Waals surface area contributed by atoms with E-state index in [0.29, 0.717) is 0 Å². The van der Waals surface area contributed by atoms with E-state index in [9.17, 15) is 9.59 Å². The van der Waals surface area contributed by atoms with Crippen LogP contribution in [0, 0.1) is 0 Å². The zero-order valence-electron chi connectivity index (χ0n) is 5.83. The van der Waals surface area contributed by atoms with E-state index in [-0.39, 0.29) is 0 Å². The van der Waals surface area contributed by atoms with Gasteiger partial charge < -0.3 is 9.84 Å². The molecule has 0 aromatic heterocycles. The van der Waals surface area contributed by atoms with Crippen molar-refractivity contribution in [3.8, 4) is 0 Å². The van der Waals surface area contributed by atoms with Crippen LogP contribution in [0.4, 0.5) is 0 Å². The summed E-state index contributed by atoms with van der Waals surface area (Å²) in [5, 5.41) is 7.32. The van der Waals surface area contributed by atoms with E-state index in [2.05, 4.69) is 11.3 Å². The standard InChI is InChI=1S/C6H7ClO4/c1-3(7)6(10)11-4(2)5(8)9/h3H,2H2,1H3,(H,8,9). The molecule has 11 heavy (non-hydrogen) atoms. The third-order valence-electron chi connectivity index (χ3n) is 0.787. The molecule has 0 aliphatic heterocycles. The first-order valence-corrected chi connectivity index (χ1v) is 3.16. The number of esters is 1. The Hall–Kier alpha value is -1.03. The second kappa shape index (κ2) is 3.98. The molecule has 1 N–H and O–H groups in total. The first-order valence-electron chi connectivity index (χ1n) is 2.73. The van der Waals surface area contributed by atoms with Gasteiger partial charge in [0.25, 0.3) is 0 Å². The van der Waals surface area contributed by atoms with E-state index in [4.69, 9.17) is 16.7 Å². The normalized spacial score (nSPS) is 11.8. The molecule has 0 saturated heterocycles. The largest absolute Gasteiger partial charge is 0.475 e. The lowest BCUT2D eigenvalue weighted by Gasteiger charge is -2.03. The summed E-state index contributed by atoms with van der Waals surface area (Å²) in [5.74, 6) is -2.82. The molecule has 0 amide bonds. The fourth-order valence-corrected chi connectivity index (χ4v) is 0.291. The molecule has 0 saturated carbocycles. The van der Waals surface area contributed by atoms with E-state index >= 15 is 0 Å². The van der Waals surface area contributed by atoms with Gasteiger partial charge in [0.05, 0.1) is 0 Å². The first-order chi connectivity index (χ1) is 4.95. The van der Waals surface area contributed by atoms with Crippen LogP contribution in [0.5, 0.6) is 0 Å². The second-order valence-corrected chi connectivity index (χ2v) is 2.42. The predicted octanol–water partition coefficient (Wildman–Crippen LogP) is 0.755. The minimum Gasteiger partial charge on any atom is -0.475 e. The highest BCUT2D eigenvalue weighted by molar-refractivity contribution is 6.29. The number of hydrogen-bond donors (Lipinski definition) is 1. The number of halogens is 1. The number of carboxylic acid groups (broad SMARTS) is 1. The Morgan fingerprint density at radius 3 is 2.36 bits per heavy atom. The van der Waals surface area contributed by atoms with Crippen molar-refractivity contribution < 1.29 is 19.4 Å². The van der Waals surface area contributed by atoms with Gasteiger partial charge in [0.15, 0.2) is 0 Å². The van der Waals surface area contributed by atoms with Crippen molar-refractivity contribution in [2.24, 2.45) is 0 Å². The zero-order chi connectivity index (χ0) is 9.02. The van der Waals surface area contributed by atoms with Gasteiger partial charge in [-0.3, -0.25) is 4.79 Å². The lowest BCUT2D eigenvalue weighted by molar-refractivity contribution is -0.147. The van der Waals surface area contributed by atoms with Crippen LogP contribution in [0.3, 0.4) is 0 Å². The topological polar surface area (TPSA) is 63.6 Å². The lowest BCUT2D eigenvalue weighted by Crippen LogP contribution is -2.16. The zero-order valence-corrected chi connectivity index (χ0v) is 6.59. The molecule has 5 heteroatoms. The fraction of sp³-hybridized carbons (Fsp3) is 0.333. The molecule has 1 atom stereocenters. The minimum atomic E-state index is -1.38. The van der Waals surface area contributed by atoms with Crippen LogP contribution < -0.4 is 0 Å². The second-order valence-electron chi connectivity index (χ2n) is 1.77. The number of carbonyl (C=O) groups is 2. The van der Waals surface area contributed by atoms with E-state index in [1.54, 1.807) is 0 Å². The Labute approximate surface area is 68.4 Å². The molecule has 0 aliphatic rings. The van der Waals surface area contributed by atoms with Crippen molar-refractivity contribution in [1.82, 2.24) is 0 Å². The number of hydrogen-bond acceptors (Lipinski definition) is 3. The molecule has 1 unspecified atom stereocenters. The molecule has 0 radical (unpaired) electrons. The summed E-state index contributed by atoms with van der Waals surface area (Å²) < 4.78 is 4.21. The molecule has 0 aromatic rings. The fourth-order valence-electron chi connectivity index (χ4n) is 0.246. The van der Waals surface area contributed by atoms with Gasteiger partial charge in [0, 0.05) is 0 Å². The highest BCUT2D eigenvalue weighted by Gasteiger charge is 2.15. The molecule has 4 nitrogen and oxygen atoms in total. The Kier molecular flexibility index (Phi) is 3.60. The van der Waals surface area contributed by atoms with Crippen molar-refractivity contribution in [2.75, 3.05) is 0 Å². The third kappa shape index (κ3) is 3.62. The summed E-state index contributed by atoms with van der Waals surface area (Å²) >= 11 is 5.27. The molecule has 0 spiro atoms. The van der Waals surface area contributed by atoms with E-state index in [1.807, 2.05) is 0 Å². The number of aliphatic carboxylic acids is 1. The molecule has 0 rings (SSSR count). The molecular weight excluding hydrogens is 172 g/mol. The predicted molar refractivity (Wildman–Crippen MR) is 38.2 cm³/mol. The van der Waals surface area contributed by atoms with Gasteiger partial charge in [-0.15, -0.1) is 11.6 Å². The maximum absolute atomic E-state index is 10.6. The van der Waals surface area contributed by atoms with Crippen LogP contribution in [-0.4, -0.2) is 22.4 Å².